The van der Waals surface area contributed by atoms with E-state index in [9.17, 15) is 29.1 Å². The van der Waals surface area contributed by atoms with E-state index < -0.39 is 40.7 Å². The monoisotopic (exact) mass is 680 g/mol. The maximum atomic E-state index is 13.2. The highest BCUT2D eigenvalue weighted by molar-refractivity contribution is 8.00. The molecule has 2 atom stereocenters. The Morgan fingerprint density at radius 2 is 1.98 bits per heavy atom. The second kappa shape index (κ2) is 13.2. The minimum Gasteiger partial charge on any atom is -0.543 e. The molecule has 0 unspecified atom stereocenters. The molecule has 0 spiro atoms. The van der Waals surface area contributed by atoms with Gasteiger partial charge in [0.05, 0.1) is 17.4 Å². The van der Waals surface area contributed by atoms with Crippen molar-refractivity contribution in [2.75, 3.05) is 18.0 Å². The summed E-state index contributed by atoms with van der Waals surface area (Å²) >= 11 is 2.57. The molecule has 5 heterocycles. The number of hydrogen-bond donors (Lipinski definition) is 3. The van der Waals surface area contributed by atoms with Crippen molar-refractivity contribution in [2.45, 2.75) is 62.2 Å². The van der Waals surface area contributed by atoms with Crippen LogP contribution >= 0.6 is 23.1 Å². The van der Waals surface area contributed by atoms with E-state index in [0.717, 1.165) is 29.5 Å². The number of fused-ring (bicyclic) bond motifs is 1. The molecule has 246 valence electrons. The molecule has 4 aliphatic rings. The van der Waals surface area contributed by atoms with Crippen molar-refractivity contribution in [1.82, 2.24) is 20.1 Å². The molecule has 17 heteroatoms. The molecule has 47 heavy (non-hydrogen) atoms. The van der Waals surface area contributed by atoms with Crippen LogP contribution in [0, 0.1) is 0 Å². The van der Waals surface area contributed by atoms with Crippen molar-refractivity contribution in [1.29, 1.82) is 0 Å². The Labute approximate surface area is 277 Å². The number of likely N-dealkylation sites (tertiary alicyclic amines) is 1. The lowest BCUT2D eigenvalue weighted by atomic mass is 9.99. The first-order chi connectivity index (χ1) is 22.5. The second-order valence-electron chi connectivity index (χ2n) is 11.6. The number of hydrogen-bond acceptors (Lipinski definition) is 12. The Morgan fingerprint density at radius 3 is 2.64 bits per heavy atom. The van der Waals surface area contributed by atoms with E-state index in [1.165, 1.54) is 29.2 Å². The highest BCUT2D eigenvalue weighted by Gasteiger charge is 2.52. The molecule has 4 amide bonds. The Hall–Kier alpha value is -4.77. The standard InChI is InChI=1S/C30H32N8O7S2/c31-21(39)14-36-8-3-17(4-9-36)13-37-10-5-18(25(37)41)11-19-15-46-27-23(26(42)38(27)24(19)28(43)44)35-22(40)12-33-45-30(6-1-2-7-30)20-16-47-29(32)34-20/h3-4,8-9,11-12,16,23,27H,1-2,5-7,10,13-15H2,(H5-,31,32,34,35,39,40,43,44)/t23-,27-/m1/s1. The Kier molecular flexibility index (Phi) is 9.01. The largest absolute Gasteiger partial charge is 0.543 e. The number of aliphatic carboxylic acids is 1. The van der Waals surface area contributed by atoms with Gasteiger partial charge >= 0.3 is 0 Å². The van der Waals surface area contributed by atoms with Crippen LogP contribution in [-0.4, -0.2) is 74.3 Å². The smallest absolute Gasteiger partial charge is 0.283 e. The van der Waals surface area contributed by atoms with E-state index in [-0.39, 0.29) is 23.9 Å². The van der Waals surface area contributed by atoms with Gasteiger partial charge in [0.2, 0.25) is 12.5 Å². The molecule has 0 aromatic carbocycles. The summed E-state index contributed by atoms with van der Waals surface area (Å²) in [7, 11) is 0. The predicted octanol–water partition coefficient (Wildman–Crippen LogP) is -0.967. The van der Waals surface area contributed by atoms with Gasteiger partial charge in [0.25, 0.3) is 17.7 Å². The maximum absolute atomic E-state index is 13.2. The summed E-state index contributed by atoms with van der Waals surface area (Å²) in [6, 6.07) is 2.61. The third-order valence-electron chi connectivity index (χ3n) is 8.52. The number of amides is 4. The van der Waals surface area contributed by atoms with E-state index in [0.29, 0.717) is 54.3 Å². The number of carboxylic acid groups (broad SMARTS) is 1. The maximum Gasteiger partial charge on any atom is 0.283 e. The van der Waals surface area contributed by atoms with Gasteiger partial charge in [-0.3, -0.25) is 24.1 Å². The van der Waals surface area contributed by atoms with Gasteiger partial charge in [-0.25, -0.2) is 4.98 Å². The number of allylic oxidation sites excluding steroid dienone is 1. The molecule has 2 saturated heterocycles. The number of nitrogens with one attached hydrogen (secondary N) is 1. The average molecular weight is 681 g/mol. The summed E-state index contributed by atoms with van der Waals surface area (Å²) in [5, 5.41) is 20.3. The number of oxime groups is 1. The van der Waals surface area contributed by atoms with Crippen LogP contribution < -0.4 is 26.5 Å². The van der Waals surface area contributed by atoms with Crippen LogP contribution in [0.3, 0.4) is 0 Å². The first kappa shape index (κ1) is 32.2. The molecular weight excluding hydrogens is 649 g/mol. The summed E-state index contributed by atoms with van der Waals surface area (Å²) in [5.41, 5.74) is 12.2. The number of thioether (sulfide) groups is 1. The number of anilines is 1. The number of nitrogen functional groups attached to an aromatic ring is 1. The lowest BCUT2D eigenvalue weighted by Crippen LogP contribution is -2.71. The van der Waals surface area contributed by atoms with Crippen molar-refractivity contribution in [3.8, 4) is 0 Å². The minimum atomic E-state index is -1.55. The third-order valence-corrected chi connectivity index (χ3v) is 10.5. The number of carbonyl (C=O) groups is 5. The summed E-state index contributed by atoms with van der Waals surface area (Å²) < 4.78 is 1.63. The van der Waals surface area contributed by atoms with Crippen LogP contribution in [0.2, 0.25) is 0 Å². The van der Waals surface area contributed by atoms with Crippen LogP contribution in [0.1, 0.15) is 43.4 Å². The lowest BCUT2D eigenvalue weighted by Gasteiger charge is -2.50. The van der Waals surface area contributed by atoms with Crippen molar-refractivity contribution in [2.24, 2.45) is 10.9 Å². The second-order valence-corrected chi connectivity index (χ2v) is 13.6. The van der Waals surface area contributed by atoms with Gasteiger partial charge in [-0.05, 0) is 49.3 Å². The molecule has 3 aliphatic heterocycles. The van der Waals surface area contributed by atoms with E-state index in [4.69, 9.17) is 16.3 Å². The third kappa shape index (κ3) is 6.58. The lowest BCUT2D eigenvalue weighted by molar-refractivity contribution is -0.684. The van der Waals surface area contributed by atoms with Crippen LogP contribution in [0.4, 0.5) is 5.13 Å². The molecule has 0 bridgehead atoms. The summed E-state index contributed by atoms with van der Waals surface area (Å²) in [6.45, 7) is 0.815. The zero-order valence-electron chi connectivity index (χ0n) is 25.1. The Morgan fingerprint density at radius 1 is 1.23 bits per heavy atom. The van der Waals surface area contributed by atoms with E-state index in [2.05, 4.69) is 15.5 Å². The first-order valence-electron chi connectivity index (χ1n) is 14.9. The van der Waals surface area contributed by atoms with Gasteiger partial charge in [-0.2, -0.15) is 4.57 Å². The van der Waals surface area contributed by atoms with Gasteiger partial charge in [0.1, 0.15) is 17.6 Å². The minimum absolute atomic E-state index is 0.0475. The highest BCUT2D eigenvalue weighted by atomic mass is 32.2. The van der Waals surface area contributed by atoms with Crippen molar-refractivity contribution in [3.63, 3.8) is 0 Å². The van der Waals surface area contributed by atoms with Crippen molar-refractivity contribution >= 4 is 64.0 Å². The molecule has 3 fully saturated rings. The van der Waals surface area contributed by atoms with Crippen LogP contribution in [0.15, 0.2) is 58.0 Å². The number of β-lactam (4-membered cyclic amide) rings is 1. The molecule has 2 aromatic heterocycles. The topological polar surface area (TPSA) is 217 Å². The molecule has 1 saturated carbocycles. The molecule has 15 nitrogen and oxygen atoms in total. The molecule has 2 aromatic rings. The number of pyridine rings is 1. The SMILES string of the molecule is NC(=O)C[n+]1ccc(CN2CCC(=CC3=C(C(=O)[O-])N4C(=O)[C@@H](NC(=O)C=NOC5(c6csc(N)n6)CCCC5)[C@H]4SC3)C2=O)cc1. The van der Waals surface area contributed by atoms with Gasteiger partial charge in [-0.1, -0.05) is 5.16 Å². The number of nitrogens with two attached hydrogens (primary N) is 2. The fourth-order valence-electron chi connectivity index (χ4n) is 6.21. The van der Waals surface area contributed by atoms with Crippen LogP contribution in [0.25, 0.3) is 0 Å². The summed E-state index contributed by atoms with van der Waals surface area (Å²) in [6.07, 6.45) is 9.48. The quantitative estimate of drug-likeness (QED) is 0.0868. The highest BCUT2D eigenvalue weighted by Crippen LogP contribution is 2.43. The molecule has 5 N–H and O–H groups in total. The zero-order valence-corrected chi connectivity index (χ0v) is 26.8. The van der Waals surface area contributed by atoms with E-state index >= 15 is 0 Å². The number of aromatic nitrogens is 2. The van der Waals surface area contributed by atoms with Gasteiger partial charge in [0.15, 0.2) is 23.1 Å². The average Bonchev–Trinajstić information content (AvgIpc) is 3.78. The number of carbonyl (C=O) groups excluding carboxylic acids is 5. The molecule has 0 radical (unpaired) electrons. The van der Waals surface area contributed by atoms with E-state index in [1.54, 1.807) is 34.0 Å². The first-order valence-corrected chi connectivity index (χ1v) is 16.9. The van der Waals surface area contributed by atoms with Gasteiger partial charge in [0, 0.05) is 41.9 Å². The summed E-state index contributed by atoms with van der Waals surface area (Å²) in [4.78, 5) is 75.2. The molecular formula is C30H32N8O7S2. The zero-order chi connectivity index (χ0) is 33.3. The Balaban J connectivity index is 1.08. The van der Waals surface area contributed by atoms with Crippen molar-refractivity contribution in [3.05, 3.63) is 64.1 Å². The number of rotatable bonds is 11. The Bertz CT molecular complexity index is 1710. The van der Waals surface area contributed by atoms with Gasteiger partial charge < -0.3 is 36.4 Å². The number of thiazole rings is 1. The number of primary amides is 1. The molecule has 1 aliphatic carbocycles. The predicted molar refractivity (Wildman–Crippen MR) is 167 cm³/mol. The summed E-state index contributed by atoms with van der Waals surface area (Å²) in [5.74, 6) is -3.34. The normalized spacial score (nSPS) is 22.9. The number of carboxylic acids is 1. The van der Waals surface area contributed by atoms with E-state index in [1.807, 2.05) is 5.38 Å². The fraction of sp³-hybridized carbons (Fsp3) is 0.400. The van der Waals surface area contributed by atoms with Crippen molar-refractivity contribution < 1.29 is 38.5 Å². The number of nitrogens with zero attached hydrogens (tertiary/aromatic N) is 5. The fourth-order valence-corrected chi connectivity index (χ4v) is 8.16. The van der Waals surface area contributed by atoms with Crippen LogP contribution in [-0.2, 0) is 47.5 Å². The van der Waals surface area contributed by atoms with Crippen LogP contribution in [0.5, 0.6) is 0 Å². The molecule has 6 rings (SSSR count). The van der Waals surface area contributed by atoms with Gasteiger partial charge in [-0.15, -0.1) is 23.1 Å².